The molecular formula is C13H18F3N. The Morgan fingerprint density at radius 2 is 1.59 bits per heavy atom. The van der Waals surface area contributed by atoms with Crippen LogP contribution in [0.2, 0.25) is 0 Å². The second-order valence-electron chi connectivity index (χ2n) is 4.40. The Kier molecular flexibility index (Phi) is 4.57. The van der Waals surface area contributed by atoms with Crippen molar-refractivity contribution in [3.05, 3.63) is 35.4 Å². The van der Waals surface area contributed by atoms with E-state index in [2.05, 4.69) is 13.8 Å². The van der Waals surface area contributed by atoms with Crippen LogP contribution < -0.4 is 5.73 Å². The maximum atomic E-state index is 12.2. The first-order chi connectivity index (χ1) is 7.83. The molecule has 17 heavy (non-hydrogen) atoms. The third kappa shape index (κ3) is 4.38. The molecule has 0 fully saturated rings. The lowest BCUT2D eigenvalue weighted by molar-refractivity contribution is -0.138. The maximum absolute atomic E-state index is 12.2. The summed E-state index contributed by atoms with van der Waals surface area (Å²) in [7, 11) is 0. The second-order valence-corrected chi connectivity index (χ2v) is 4.40. The van der Waals surface area contributed by atoms with Crippen molar-refractivity contribution in [1.29, 1.82) is 0 Å². The van der Waals surface area contributed by atoms with Crippen molar-refractivity contribution in [2.24, 2.45) is 5.73 Å². The number of alkyl halides is 3. The highest BCUT2D eigenvalue weighted by molar-refractivity contribution is 5.27. The number of hydrogen-bond donors (Lipinski definition) is 1. The van der Waals surface area contributed by atoms with E-state index in [0.717, 1.165) is 12.0 Å². The molecule has 0 bridgehead atoms. The first-order valence-electron chi connectivity index (χ1n) is 5.75. The molecule has 0 spiro atoms. The highest BCUT2D eigenvalue weighted by Crippen LogP contribution is 2.28. The van der Waals surface area contributed by atoms with E-state index in [-0.39, 0.29) is 0 Å². The molecular weight excluding hydrogens is 227 g/mol. The minimum atomic E-state index is -4.21. The van der Waals surface area contributed by atoms with E-state index in [1.807, 2.05) is 12.1 Å². The minimum Gasteiger partial charge on any atom is -0.324 e. The fraction of sp³-hybridized carbons (Fsp3) is 0.538. The van der Waals surface area contributed by atoms with Crippen LogP contribution in [0.5, 0.6) is 0 Å². The lowest BCUT2D eigenvalue weighted by Crippen LogP contribution is -2.20. The van der Waals surface area contributed by atoms with Crippen molar-refractivity contribution in [2.45, 2.75) is 44.8 Å². The molecule has 0 amide bonds. The van der Waals surface area contributed by atoms with E-state index >= 15 is 0 Å². The summed E-state index contributed by atoms with van der Waals surface area (Å²) in [4.78, 5) is 0. The summed E-state index contributed by atoms with van der Waals surface area (Å²) in [6, 6.07) is 6.14. The summed E-state index contributed by atoms with van der Waals surface area (Å²) in [6.07, 6.45) is -4.18. The normalized spacial score (nSPS) is 15.6. The molecule has 0 heterocycles. The van der Waals surface area contributed by atoms with Crippen LogP contribution in [0, 0.1) is 0 Å². The van der Waals surface area contributed by atoms with Crippen LogP contribution in [0.3, 0.4) is 0 Å². The molecule has 1 aromatic rings. The van der Waals surface area contributed by atoms with Gasteiger partial charge in [0.15, 0.2) is 0 Å². The molecule has 2 atom stereocenters. The predicted octanol–water partition coefficient (Wildman–Crippen LogP) is 4.15. The molecule has 2 N–H and O–H groups in total. The Hall–Kier alpha value is -1.03. The lowest BCUT2D eigenvalue weighted by atomic mass is 9.95. The fourth-order valence-electron chi connectivity index (χ4n) is 1.67. The molecule has 0 radical (unpaired) electrons. The van der Waals surface area contributed by atoms with Crippen LogP contribution in [0.15, 0.2) is 24.3 Å². The topological polar surface area (TPSA) is 26.0 Å². The van der Waals surface area contributed by atoms with Crippen molar-refractivity contribution < 1.29 is 13.2 Å². The molecule has 0 aromatic heterocycles. The molecule has 96 valence electrons. The predicted molar refractivity (Wildman–Crippen MR) is 62.7 cm³/mol. The summed E-state index contributed by atoms with van der Waals surface area (Å²) >= 11 is 0. The van der Waals surface area contributed by atoms with Gasteiger partial charge in [-0.1, -0.05) is 38.1 Å². The van der Waals surface area contributed by atoms with Gasteiger partial charge in [-0.2, -0.15) is 13.2 Å². The SMILES string of the molecule is CCC(C)c1ccc(C(N)CC(F)(F)F)cc1. The number of halogens is 3. The summed E-state index contributed by atoms with van der Waals surface area (Å²) in [6.45, 7) is 4.17. The van der Waals surface area contributed by atoms with E-state index in [9.17, 15) is 13.2 Å². The van der Waals surface area contributed by atoms with Gasteiger partial charge in [0.1, 0.15) is 0 Å². The minimum absolute atomic E-state index is 0.419. The third-order valence-corrected chi connectivity index (χ3v) is 3.00. The zero-order valence-electron chi connectivity index (χ0n) is 10.1. The van der Waals surface area contributed by atoms with E-state index in [4.69, 9.17) is 5.73 Å². The molecule has 1 aromatic carbocycles. The number of nitrogens with two attached hydrogens (primary N) is 1. The van der Waals surface area contributed by atoms with Crippen LogP contribution in [-0.2, 0) is 0 Å². The van der Waals surface area contributed by atoms with Crippen LogP contribution >= 0.6 is 0 Å². The first kappa shape index (κ1) is 14.0. The fourth-order valence-corrected chi connectivity index (χ4v) is 1.67. The van der Waals surface area contributed by atoms with E-state index < -0.39 is 18.6 Å². The van der Waals surface area contributed by atoms with Gasteiger partial charge >= 0.3 is 6.18 Å². The largest absolute Gasteiger partial charge is 0.390 e. The summed E-state index contributed by atoms with van der Waals surface area (Å²) in [5.41, 5.74) is 7.19. The first-order valence-corrected chi connectivity index (χ1v) is 5.75. The van der Waals surface area contributed by atoms with Crippen LogP contribution in [0.25, 0.3) is 0 Å². The zero-order chi connectivity index (χ0) is 13.1. The number of rotatable bonds is 4. The molecule has 0 saturated heterocycles. The Morgan fingerprint density at radius 3 is 2.00 bits per heavy atom. The van der Waals surface area contributed by atoms with Crippen molar-refractivity contribution in [1.82, 2.24) is 0 Å². The Bertz CT molecular complexity index is 343. The smallest absolute Gasteiger partial charge is 0.324 e. The standard InChI is InChI=1S/C13H18F3N/c1-3-9(2)10-4-6-11(7-5-10)12(17)8-13(14,15)16/h4-7,9,12H,3,8,17H2,1-2H3. The molecule has 4 heteroatoms. The summed E-state index contributed by atoms with van der Waals surface area (Å²) < 4.78 is 36.5. The van der Waals surface area contributed by atoms with Gasteiger partial charge in [-0.3, -0.25) is 0 Å². The summed E-state index contributed by atoms with van der Waals surface area (Å²) in [5, 5.41) is 0. The highest BCUT2D eigenvalue weighted by Gasteiger charge is 2.30. The van der Waals surface area contributed by atoms with Gasteiger partial charge in [-0.15, -0.1) is 0 Å². The Balaban J connectivity index is 2.74. The van der Waals surface area contributed by atoms with Gasteiger partial charge in [-0.05, 0) is 23.5 Å². The molecule has 2 unspecified atom stereocenters. The van der Waals surface area contributed by atoms with Crippen LogP contribution in [0.4, 0.5) is 13.2 Å². The zero-order valence-corrected chi connectivity index (χ0v) is 10.1. The second kappa shape index (κ2) is 5.54. The number of benzene rings is 1. The molecule has 0 saturated carbocycles. The van der Waals surface area contributed by atoms with Gasteiger partial charge in [0.2, 0.25) is 0 Å². The van der Waals surface area contributed by atoms with Crippen molar-refractivity contribution in [3.63, 3.8) is 0 Å². The maximum Gasteiger partial charge on any atom is 0.390 e. The average molecular weight is 245 g/mol. The quantitative estimate of drug-likeness (QED) is 0.847. The molecule has 0 aliphatic carbocycles. The van der Waals surface area contributed by atoms with Crippen molar-refractivity contribution in [3.8, 4) is 0 Å². The van der Waals surface area contributed by atoms with Crippen LogP contribution in [-0.4, -0.2) is 6.18 Å². The van der Waals surface area contributed by atoms with Gasteiger partial charge < -0.3 is 5.73 Å². The summed E-state index contributed by atoms with van der Waals surface area (Å²) in [5.74, 6) is 0.419. The van der Waals surface area contributed by atoms with E-state index in [1.54, 1.807) is 12.1 Å². The van der Waals surface area contributed by atoms with Gasteiger partial charge in [0, 0.05) is 6.04 Å². The molecule has 1 rings (SSSR count). The van der Waals surface area contributed by atoms with Gasteiger partial charge in [0.25, 0.3) is 0 Å². The number of hydrogen-bond acceptors (Lipinski definition) is 1. The Morgan fingerprint density at radius 1 is 1.12 bits per heavy atom. The molecule has 0 aliphatic rings. The monoisotopic (exact) mass is 245 g/mol. The van der Waals surface area contributed by atoms with Crippen molar-refractivity contribution >= 4 is 0 Å². The van der Waals surface area contributed by atoms with Gasteiger partial charge in [0.05, 0.1) is 6.42 Å². The van der Waals surface area contributed by atoms with Crippen molar-refractivity contribution in [2.75, 3.05) is 0 Å². The average Bonchev–Trinajstić information content (AvgIpc) is 2.26. The van der Waals surface area contributed by atoms with E-state index in [1.165, 1.54) is 0 Å². The third-order valence-electron chi connectivity index (χ3n) is 3.00. The molecule has 0 aliphatic heterocycles. The van der Waals surface area contributed by atoms with Crippen LogP contribution in [0.1, 0.15) is 49.8 Å². The Labute approximate surface area is 99.8 Å². The molecule has 1 nitrogen and oxygen atoms in total. The highest BCUT2D eigenvalue weighted by atomic mass is 19.4. The van der Waals surface area contributed by atoms with Gasteiger partial charge in [-0.25, -0.2) is 0 Å². The van der Waals surface area contributed by atoms with E-state index in [0.29, 0.717) is 11.5 Å². The lowest BCUT2D eigenvalue weighted by Gasteiger charge is -2.16.